The Hall–Kier alpha value is -3.38. The van der Waals surface area contributed by atoms with E-state index in [1.165, 1.54) is 22.3 Å². The van der Waals surface area contributed by atoms with E-state index in [4.69, 9.17) is 4.98 Å². The molecule has 4 aromatic rings. The fraction of sp³-hybridized carbons (Fsp3) is 0.400. The summed E-state index contributed by atoms with van der Waals surface area (Å²) in [6.45, 7) is 14.8. The van der Waals surface area contributed by atoms with Crippen LogP contribution in [0.4, 0.5) is 5.95 Å². The maximum atomic E-state index is 13.2. The molecule has 0 fully saturated rings. The van der Waals surface area contributed by atoms with Crippen LogP contribution in [-0.4, -0.2) is 44.1 Å². The van der Waals surface area contributed by atoms with Crippen molar-refractivity contribution in [2.24, 2.45) is 0 Å². The Bertz CT molecular complexity index is 1530. The van der Waals surface area contributed by atoms with E-state index in [2.05, 4.69) is 85.8 Å². The smallest absolute Gasteiger partial charge is 0.255 e. The number of benzene rings is 2. The van der Waals surface area contributed by atoms with Crippen molar-refractivity contribution in [1.82, 2.24) is 19.4 Å². The number of nitrogens with one attached hydrogen (secondary N) is 1. The molecule has 6 nitrogen and oxygen atoms in total. The molecule has 4 heterocycles. The third-order valence-electron chi connectivity index (χ3n) is 7.95. The largest absolute Gasteiger partial charge is 0.360 e. The maximum Gasteiger partial charge on any atom is 0.255 e. The summed E-state index contributed by atoms with van der Waals surface area (Å²) in [6, 6.07) is 15.4. The van der Waals surface area contributed by atoms with Gasteiger partial charge in [0.05, 0.1) is 17.8 Å². The van der Waals surface area contributed by atoms with Crippen LogP contribution in [0.1, 0.15) is 45.7 Å². The lowest BCUT2D eigenvalue weighted by Gasteiger charge is -2.35. The first kappa shape index (κ1) is 23.0. The second-order valence-corrected chi connectivity index (χ2v) is 11.2. The molecule has 36 heavy (non-hydrogen) atoms. The zero-order chi connectivity index (χ0) is 25.2. The van der Waals surface area contributed by atoms with Crippen molar-refractivity contribution >= 4 is 16.9 Å². The van der Waals surface area contributed by atoms with Crippen LogP contribution in [-0.2, 0) is 19.5 Å². The Balaban J connectivity index is 1.44. The Kier molecular flexibility index (Phi) is 5.34. The normalized spacial score (nSPS) is 17.1. The number of H-pyrrole nitrogens is 1. The lowest BCUT2D eigenvalue weighted by Crippen LogP contribution is -2.45. The molecule has 0 spiro atoms. The number of hydrogen-bond acceptors (Lipinski definition) is 4. The van der Waals surface area contributed by atoms with E-state index < -0.39 is 0 Å². The number of rotatable bonds is 4. The van der Waals surface area contributed by atoms with Crippen molar-refractivity contribution in [1.29, 1.82) is 0 Å². The highest BCUT2D eigenvalue weighted by Crippen LogP contribution is 2.36. The van der Waals surface area contributed by atoms with Crippen molar-refractivity contribution in [3.63, 3.8) is 0 Å². The molecule has 1 N–H and O–H groups in total. The molecule has 6 rings (SSSR count). The third-order valence-corrected chi connectivity index (χ3v) is 7.95. The first-order valence-electron chi connectivity index (χ1n) is 13.1. The summed E-state index contributed by atoms with van der Waals surface area (Å²) in [7, 11) is 0. The van der Waals surface area contributed by atoms with Crippen molar-refractivity contribution in [2.75, 3.05) is 18.0 Å². The summed E-state index contributed by atoms with van der Waals surface area (Å²) < 4.78 is 1.82. The Morgan fingerprint density at radius 3 is 2.61 bits per heavy atom. The molecule has 0 atom stereocenters. The van der Waals surface area contributed by atoms with Crippen LogP contribution in [0.15, 0.2) is 53.5 Å². The molecule has 2 aromatic heterocycles. The van der Waals surface area contributed by atoms with Gasteiger partial charge in [-0.1, -0.05) is 25.1 Å². The topological polar surface area (TPSA) is 57.2 Å². The Labute approximate surface area is 212 Å². The molecular formula is C30H35N5O. The predicted octanol–water partition coefficient (Wildman–Crippen LogP) is 5.44. The first-order chi connectivity index (χ1) is 17.2. The molecular weight excluding hydrogens is 446 g/mol. The summed E-state index contributed by atoms with van der Waals surface area (Å²) in [4.78, 5) is 26.4. The number of hydrogen-bond donors (Lipinski definition) is 1. The van der Waals surface area contributed by atoms with Crippen LogP contribution >= 0.6 is 0 Å². The van der Waals surface area contributed by atoms with Crippen molar-refractivity contribution in [2.45, 2.75) is 65.7 Å². The van der Waals surface area contributed by atoms with Gasteiger partial charge >= 0.3 is 0 Å². The van der Waals surface area contributed by atoms with Gasteiger partial charge < -0.3 is 9.88 Å². The van der Waals surface area contributed by atoms with E-state index >= 15 is 0 Å². The van der Waals surface area contributed by atoms with E-state index in [0.29, 0.717) is 6.54 Å². The minimum atomic E-state index is -0.154. The lowest BCUT2D eigenvalue weighted by molar-refractivity contribution is 0.268. The van der Waals surface area contributed by atoms with Gasteiger partial charge in [0.2, 0.25) is 5.95 Å². The number of nitrogens with zero attached hydrogens (tertiary/aromatic N) is 4. The predicted molar refractivity (Wildman–Crippen MR) is 148 cm³/mol. The maximum absolute atomic E-state index is 13.2. The van der Waals surface area contributed by atoms with Crippen LogP contribution < -0.4 is 10.5 Å². The molecule has 2 aromatic carbocycles. The molecule has 2 aliphatic heterocycles. The van der Waals surface area contributed by atoms with Gasteiger partial charge in [-0.3, -0.25) is 14.3 Å². The summed E-state index contributed by atoms with van der Waals surface area (Å²) in [5, 5.41) is 1.09. The molecule has 186 valence electrons. The molecule has 2 aliphatic rings. The van der Waals surface area contributed by atoms with E-state index in [9.17, 15) is 4.79 Å². The number of anilines is 1. The zero-order valence-corrected chi connectivity index (χ0v) is 21.9. The number of likely N-dealkylation sites (N-methyl/N-ethyl adjacent to an activating group) is 1. The standard InChI is InChI=1S/C30H35N5O/c1-6-33-12-11-20-7-8-21(13-23(20)17-33)22-9-10-26-24(14-22)25(16-31-26)27-15-28(36)34-18-30(4,5)35(19(2)3)29(34)32-27/h7-10,13-16,19,31H,6,11-12,17-18H2,1-5H3. The number of aromatic amines is 1. The van der Waals surface area contributed by atoms with Crippen LogP contribution in [0.25, 0.3) is 33.3 Å². The molecule has 0 aliphatic carbocycles. The Morgan fingerprint density at radius 1 is 1.06 bits per heavy atom. The zero-order valence-electron chi connectivity index (χ0n) is 21.9. The molecule has 6 heteroatoms. The van der Waals surface area contributed by atoms with Crippen molar-refractivity contribution in [3.05, 3.63) is 70.1 Å². The van der Waals surface area contributed by atoms with Gasteiger partial charge in [0.15, 0.2) is 0 Å². The van der Waals surface area contributed by atoms with Gasteiger partial charge in [-0.15, -0.1) is 0 Å². The van der Waals surface area contributed by atoms with Gasteiger partial charge in [0.1, 0.15) is 0 Å². The highest BCUT2D eigenvalue weighted by atomic mass is 16.1. The second kappa shape index (κ2) is 8.34. The quantitative estimate of drug-likeness (QED) is 0.422. The molecule has 0 bridgehead atoms. The van der Waals surface area contributed by atoms with E-state index in [0.717, 1.165) is 54.2 Å². The van der Waals surface area contributed by atoms with Gasteiger partial charge in [-0.2, -0.15) is 0 Å². The second-order valence-electron chi connectivity index (χ2n) is 11.2. The minimum absolute atomic E-state index is 0.00638. The fourth-order valence-electron chi connectivity index (χ4n) is 6.21. The van der Waals surface area contributed by atoms with Gasteiger partial charge in [-0.25, -0.2) is 4.98 Å². The van der Waals surface area contributed by atoms with Crippen LogP contribution in [0.3, 0.4) is 0 Å². The number of fused-ring (bicyclic) bond motifs is 3. The van der Waals surface area contributed by atoms with Gasteiger partial charge in [-0.05, 0) is 81.1 Å². The summed E-state index contributed by atoms with van der Waals surface area (Å²) >= 11 is 0. The first-order valence-corrected chi connectivity index (χ1v) is 13.1. The molecule has 0 radical (unpaired) electrons. The SMILES string of the molecule is CCN1CCc2ccc(-c3ccc4[nH]cc(-c5cc(=O)n6c(n5)N(C(C)C)C(C)(C)C6)c4c3)cc2C1. The minimum Gasteiger partial charge on any atom is -0.360 e. The molecule has 0 unspecified atom stereocenters. The van der Waals surface area contributed by atoms with E-state index in [1.807, 2.05) is 10.8 Å². The highest BCUT2D eigenvalue weighted by molar-refractivity contribution is 5.97. The fourth-order valence-corrected chi connectivity index (χ4v) is 6.21. The molecule has 0 amide bonds. The average molecular weight is 482 g/mol. The van der Waals surface area contributed by atoms with Gasteiger partial charge in [0.25, 0.3) is 5.56 Å². The lowest BCUT2D eigenvalue weighted by atomic mass is 9.94. The van der Waals surface area contributed by atoms with Crippen molar-refractivity contribution < 1.29 is 0 Å². The monoisotopic (exact) mass is 481 g/mol. The molecule has 0 saturated carbocycles. The average Bonchev–Trinajstić information content (AvgIpc) is 3.40. The van der Waals surface area contributed by atoms with E-state index in [-0.39, 0.29) is 17.1 Å². The Morgan fingerprint density at radius 2 is 1.83 bits per heavy atom. The summed E-state index contributed by atoms with van der Waals surface area (Å²) in [6.07, 6.45) is 3.10. The van der Waals surface area contributed by atoms with E-state index in [1.54, 1.807) is 6.07 Å². The summed E-state index contributed by atoms with van der Waals surface area (Å²) in [5.41, 5.74) is 7.90. The third kappa shape index (κ3) is 3.66. The van der Waals surface area contributed by atoms with Gasteiger partial charge in [0, 0.05) is 47.9 Å². The van der Waals surface area contributed by atoms with Crippen LogP contribution in [0.5, 0.6) is 0 Å². The summed E-state index contributed by atoms with van der Waals surface area (Å²) in [5.74, 6) is 0.762. The molecule has 0 saturated heterocycles. The van der Waals surface area contributed by atoms with Crippen LogP contribution in [0, 0.1) is 0 Å². The highest BCUT2D eigenvalue weighted by Gasteiger charge is 2.39. The van der Waals surface area contributed by atoms with Crippen LogP contribution in [0.2, 0.25) is 0 Å². The van der Waals surface area contributed by atoms with Crippen molar-refractivity contribution in [3.8, 4) is 22.4 Å². The number of aromatic nitrogens is 3.